The maximum atomic E-state index is 13.4. The van der Waals surface area contributed by atoms with E-state index in [9.17, 15) is 29.4 Å². The number of aliphatic hydroxyl groups is 2. The van der Waals surface area contributed by atoms with Crippen LogP contribution in [-0.4, -0.2) is 47.1 Å². The molecular formula is C39H70O6. The molecule has 2 radical (unpaired) electrons. The van der Waals surface area contributed by atoms with Crippen molar-refractivity contribution in [3.63, 3.8) is 0 Å². The number of carbonyl (C=O) groups is 2. The van der Waals surface area contributed by atoms with Crippen LogP contribution in [0, 0.1) is 11.3 Å². The zero-order valence-electron chi connectivity index (χ0n) is 29.4. The molecule has 6 nitrogen and oxygen atoms in total. The molecule has 0 bridgehead atoms. The van der Waals surface area contributed by atoms with Gasteiger partial charge in [-0.1, -0.05) is 168 Å². The summed E-state index contributed by atoms with van der Waals surface area (Å²) in [5, 5.41) is 19.6. The van der Waals surface area contributed by atoms with E-state index >= 15 is 0 Å². The summed E-state index contributed by atoms with van der Waals surface area (Å²) >= 11 is 0. The third-order valence-corrected chi connectivity index (χ3v) is 9.41. The molecule has 6 heteroatoms. The van der Waals surface area contributed by atoms with Gasteiger partial charge in [0.25, 0.3) is 0 Å². The predicted molar refractivity (Wildman–Crippen MR) is 186 cm³/mol. The minimum Gasteiger partial charge on any atom is -0.394 e. The molecule has 45 heavy (non-hydrogen) atoms. The Morgan fingerprint density at radius 3 is 1.20 bits per heavy atom. The highest BCUT2D eigenvalue weighted by molar-refractivity contribution is 6.09. The van der Waals surface area contributed by atoms with E-state index in [1.165, 1.54) is 116 Å². The van der Waals surface area contributed by atoms with Crippen LogP contribution in [0.2, 0.25) is 0 Å². The number of Topliss-reactive ketones (excluding diaryl/α,β-unsaturated/α-hetero) is 2. The van der Waals surface area contributed by atoms with Crippen LogP contribution >= 0.6 is 0 Å². The van der Waals surface area contributed by atoms with Crippen molar-refractivity contribution in [3.8, 4) is 0 Å². The smallest absolute Gasteiger partial charge is 0.214 e. The summed E-state index contributed by atoms with van der Waals surface area (Å²) in [6, 6.07) is 0. The first-order valence-corrected chi connectivity index (χ1v) is 19.0. The van der Waals surface area contributed by atoms with Gasteiger partial charge in [-0.3, -0.25) is 19.2 Å². The molecular weight excluding hydrogens is 564 g/mol. The molecule has 0 aliphatic heterocycles. The van der Waals surface area contributed by atoms with Crippen molar-refractivity contribution in [1.82, 2.24) is 0 Å². The Hall–Kier alpha value is -1.40. The largest absolute Gasteiger partial charge is 0.394 e. The summed E-state index contributed by atoms with van der Waals surface area (Å²) in [6.45, 7) is 3.80. The Labute approximate surface area is 277 Å². The SMILES string of the molecule is CCCCCCCCCCCCCCCC(=O)C([C]=O)C([C]=O)(CC(O)CO)C(=O)CCCCCCCCCCCCCCC. The summed E-state index contributed by atoms with van der Waals surface area (Å²) in [5.74, 6) is -2.65. The van der Waals surface area contributed by atoms with Crippen LogP contribution < -0.4 is 0 Å². The first-order valence-electron chi connectivity index (χ1n) is 19.0. The standard InChI is InChI=1S/C39H70O6/c1-3-5-7-9-11-13-15-17-19-21-23-25-27-29-37(44)36(33-41)39(34-42,31-35(43)32-40)38(45)30-28-26-24-22-20-18-16-14-12-10-8-6-4-2/h35-36,40,43H,3-32H2,1-2H3. The highest BCUT2D eigenvalue weighted by atomic mass is 16.3. The van der Waals surface area contributed by atoms with Crippen LogP contribution in [-0.2, 0) is 19.2 Å². The van der Waals surface area contributed by atoms with Gasteiger partial charge in [-0.15, -0.1) is 0 Å². The van der Waals surface area contributed by atoms with Gasteiger partial charge in [-0.2, -0.15) is 0 Å². The number of carbonyl (C=O) groups excluding carboxylic acids is 4. The molecule has 262 valence electrons. The van der Waals surface area contributed by atoms with Crippen molar-refractivity contribution in [2.45, 2.75) is 206 Å². The fourth-order valence-electron chi connectivity index (χ4n) is 6.42. The number of rotatable bonds is 36. The second-order valence-electron chi connectivity index (χ2n) is 13.5. The summed E-state index contributed by atoms with van der Waals surface area (Å²) in [4.78, 5) is 50.8. The first-order chi connectivity index (χ1) is 21.9. The Balaban J connectivity index is 4.52. The van der Waals surface area contributed by atoms with Gasteiger partial charge in [-0.05, 0) is 19.3 Å². The number of hydrogen-bond donors (Lipinski definition) is 2. The molecule has 0 aliphatic carbocycles. The van der Waals surface area contributed by atoms with Crippen molar-refractivity contribution in [3.05, 3.63) is 0 Å². The Morgan fingerprint density at radius 1 is 0.556 bits per heavy atom. The van der Waals surface area contributed by atoms with E-state index in [1.54, 1.807) is 12.6 Å². The fourth-order valence-corrected chi connectivity index (χ4v) is 6.42. The van der Waals surface area contributed by atoms with Crippen LogP contribution in [0.4, 0.5) is 0 Å². The lowest BCUT2D eigenvalue weighted by atomic mass is 9.67. The Kier molecular flexibility index (Phi) is 30.2. The van der Waals surface area contributed by atoms with Crippen LogP contribution in [0.3, 0.4) is 0 Å². The summed E-state index contributed by atoms with van der Waals surface area (Å²) in [5.41, 5.74) is -2.09. The second-order valence-corrected chi connectivity index (χ2v) is 13.5. The summed E-state index contributed by atoms with van der Waals surface area (Å²) in [7, 11) is 0. The number of hydrogen-bond acceptors (Lipinski definition) is 6. The van der Waals surface area contributed by atoms with Crippen LogP contribution in [0.1, 0.15) is 200 Å². The van der Waals surface area contributed by atoms with Crippen molar-refractivity contribution >= 4 is 24.1 Å². The molecule has 0 rings (SSSR count). The van der Waals surface area contributed by atoms with Crippen LogP contribution in [0.15, 0.2) is 0 Å². The third-order valence-electron chi connectivity index (χ3n) is 9.41. The molecule has 0 spiro atoms. The van der Waals surface area contributed by atoms with Crippen LogP contribution in [0.25, 0.3) is 0 Å². The van der Waals surface area contributed by atoms with Crippen molar-refractivity contribution in [2.75, 3.05) is 6.61 Å². The van der Waals surface area contributed by atoms with E-state index in [0.717, 1.165) is 38.5 Å². The Morgan fingerprint density at radius 2 is 0.889 bits per heavy atom. The lowest BCUT2D eigenvalue weighted by molar-refractivity contribution is -0.135. The van der Waals surface area contributed by atoms with E-state index in [-0.39, 0.29) is 12.8 Å². The lowest BCUT2D eigenvalue weighted by Gasteiger charge is -2.31. The summed E-state index contributed by atoms with van der Waals surface area (Å²) in [6.07, 6.45) is 31.8. The molecule has 0 saturated carbocycles. The van der Waals surface area contributed by atoms with Gasteiger partial charge < -0.3 is 10.2 Å². The zero-order valence-corrected chi connectivity index (χ0v) is 29.4. The highest BCUT2D eigenvalue weighted by Crippen LogP contribution is 2.35. The van der Waals surface area contributed by atoms with Gasteiger partial charge in [0.2, 0.25) is 12.6 Å². The predicted octanol–water partition coefficient (Wildman–Crippen LogP) is 9.65. The maximum absolute atomic E-state index is 13.4. The molecule has 3 unspecified atom stereocenters. The van der Waals surface area contributed by atoms with E-state index in [1.807, 2.05) is 0 Å². The quantitative estimate of drug-likeness (QED) is 0.0525. The van der Waals surface area contributed by atoms with Gasteiger partial charge in [0.1, 0.15) is 22.9 Å². The maximum Gasteiger partial charge on any atom is 0.214 e. The average Bonchev–Trinajstić information content (AvgIpc) is 3.04. The molecule has 0 aromatic heterocycles. The molecule has 0 saturated heterocycles. The van der Waals surface area contributed by atoms with Gasteiger partial charge >= 0.3 is 0 Å². The molecule has 2 N–H and O–H groups in total. The molecule has 3 atom stereocenters. The van der Waals surface area contributed by atoms with Crippen molar-refractivity contribution in [2.24, 2.45) is 11.3 Å². The van der Waals surface area contributed by atoms with Gasteiger partial charge in [0, 0.05) is 12.8 Å². The van der Waals surface area contributed by atoms with Gasteiger partial charge in [0.15, 0.2) is 0 Å². The number of aliphatic hydroxyl groups excluding tert-OH is 2. The van der Waals surface area contributed by atoms with E-state index < -0.39 is 42.0 Å². The van der Waals surface area contributed by atoms with E-state index in [2.05, 4.69) is 13.8 Å². The number of ketones is 2. The zero-order chi connectivity index (χ0) is 33.4. The van der Waals surface area contributed by atoms with Crippen molar-refractivity contribution < 1.29 is 29.4 Å². The van der Waals surface area contributed by atoms with Gasteiger partial charge in [0.05, 0.1) is 12.7 Å². The number of unbranched alkanes of at least 4 members (excludes halogenated alkanes) is 24. The normalized spacial score (nSPS) is 14.1. The molecule has 0 aromatic rings. The first kappa shape index (κ1) is 43.6. The molecule has 0 aliphatic rings. The summed E-state index contributed by atoms with van der Waals surface area (Å²) < 4.78 is 0. The third kappa shape index (κ3) is 21.9. The second kappa shape index (κ2) is 31.2. The molecule has 0 heterocycles. The molecule has 0 fully saturated rings. The molecule has 0 aromatic carbocycles. The van der Waals surface area contributed by atoms with E-state index in [4.69, 9.17) is 0 Å². The minimum atomic E-state index is -2.09. The average molecular weight is 635 g/mol. The van der Waals surface area contributed by atoms with Crippen LogP contribution in [0.5, 0.6) is 0 Å². The minimum absolute atomic E-state index is 0.0371. The highest BCUT2D eigenvalue weighted by Gasteiger charge is 2.50. The molecule has 0 amide bonds. The lowest BCUT2D eigenvalue weighted by Crippen LogP contribution is -2.47. The van der Waals surface area contributed by atoms with E-state index in [0.29, 0.717) is 12.8 Å². The monoisotopic (exact) mass is 635 g/mol. The topological polar surface area (TPSA) is 109 Å². The fraction of sp³-hybridized carbons (Fsp3) is 0.897. The Bertz CT molecular complexity index is 722. The van der Waals surface area contributed by atoms with Gasteiger partial charge in [-0.25, -0.2) is 0 Å². The van der Waals surface area contributed by atoms with Crippen molar-refractivity contribution in [1.29, 1.82) is 0 Å².